The molecule has 1 fully saturated rings. The molecule has 1 N–H and O–H groups in total. The van der Waals surface area contributed by atoms with E-state index < -0.39 is 0 Å². The molecule has 1 saturated heterocycles. The van der Waals surface area contributed by atoms with Crippen molar-refractivity contribution in [1.29, 1.82) is 0 Å². The van der Waals surface area contributed by atoms with Gasteiger partial charge >= 0.3 is 0 Å². The maximum absolute atomic E-state index is 13.3. The molecule has 32 heavy (non-hydrogen) atoms. The summed E-state index contributed by atoms with van der Waals surface area (Å²) in [6.45, 7) is 2.70. The monoisotopic (exact) mass is 426 g/mol. The lowest BCUT2D eigenvalue weighted by molar-refractivity contribution is -0.117. The third kappa shape index (κ3) is 4.57. The second-order valence-electron chi connectivity index (χ2n) is 7.77. The minimum absolute atomic E-state index is 0.149. The van der Waals surface area contributed by atoms with Crippen LogP contribution in [0, 0.1) is 6.92 Å². The van der Waals surface area contributed by atoms with Crippen molar-refractivity contribution in [3.63, 3.8) is 0 Å². The van der Waals surface area contributed by atoms with E-state index in [2.05, 4.69) is 5.32 Å². The molecule has 0 aliphatic carbocycles. The first-order chi connectivity index (χ1) is 15.6. The Bertz CT molecular complexity index is 1170. The van der Waals surface area contributed by atoms with Gasteiger partial charge in [0.2, 0.25) is 5.91 Å². The van der Waals surface area contributed by atoms with Crippen molar-refractivity contribution in [2.75, 3.05) is 23.9 Å². The molecule has 0 spiro atoms. The number of carbonyl (C=O) groups is 2. The summed E-state index contributed by atoms with van der Waals surface area (Å²) < 4.78 is 5.46. The number of ether oxygens (including phenoxy) is 1. The first-order valence-corrected chi connectivity index (χ1v) is 10.7. The molecule has 0 atom stereocenters. The molecule has 3 aromatic carbocycles. The van der Waals surface area contributed by atoms with Crippen LogP contribution in [0.4, 0.5) is 11.4 Å². The SMILES string of the molecule is COc1ccccc1C=C(C(=O)Nc1ccc(N2CCCC2=O)c(C)c1)c1ccccc1. The van der Waals surface area contributed by atoms with Gasteiger partial charge in [-0.15, -0.1) is 0 Å². The lowest BCUT2D eigenvalue weighted by Crippen LogP contribution is -2.24. The molecule has 0 saturated carbocycles. The Morgan fingerprint density at radius 2 is 1.78 bits per heavy atom. The van der Waals surface area contributed by atoms with Crippen LogP contribution in [0.25, 0.3) is 11.6 Å². The summed E-state index contributed by atoms with van der Waals surface area (Å²) >= 11 is 0. The zero-order chi connectivity index (χ0) is 22.5. The molecule has 162 valence electrons. The quantitative estimate of drug-likeness (QED) is 0.429. The second-order valence-corrected chi connectivity index (χ2v) is 7.77. The molecular formula is C27H26N2O3. The topological polar surface area (TPSA) is 58.6 Å². The summed E-state index contributed by atoms with van der Waals surface area (Å²) in [6.07, 6.45) is 3.31. The maximum Gasteiger partial charge on any atom is 0.256 e. The number of methoxy groups -OCH3 is 1. The number of para-hydroxylation sites is 1. The predicted molar refractivity (Wildman–Crippen MR) is 129 cm³/mol. The average molecular weight is 427 g/mol. The van der Waals surface area contributed by atoms with Crippen molar-refractivity contribution in [2.45, 2.75) is 19.8 Å². The highest BCUT2D eigenvalue weighted by Gasteiger charge is 2.23. The van der Waals surface area contributed by atoms with Gasteiger partial charge in [0.15, 0.2) is 0 Å². The van der Waals surface area contributed by atoms with E-state index in [0.29, 0.717) is 23.4 Å². The third-order valence-electron chi connectivity index (χ3n) is 5.59. The molecule has 0 radical (unpaired) electrons. The first-order valence-electron chi connectivity index (χ1n) is 10.7. The van der Waals surface area contributed by atoms with Crippen LogP contribution >= 0.6 is 0 Å². The van der Waals surface area contributed by atoms with Gasteiger partial charge in [0.25, 0.3) is 5.91 Å². The molecule has 5 heteroatoms. The van der Waals surface area contributed by atoms with Crippen molar-refractivity contribution in [3.8, 4) is 5.75 Å². The fraction of sp³-hybridized carbons (Fsp3) is 0.185. The molecule has 1 heterocycles. The summed E-state index contributed by atoms with van der Waals surface area (Å²) in [5.41, 5.74) is 4.71. The number of aryl methyl sites for hydroxylation is 1. The van der Waals surface area contributed by atoms with Crippen LogP contribution in [0.15, 0.2) is 72.8 Å². The Labute approximate surface area is 188 Å². The predicted octanol–water partition coefficient (Wildman–Crippen LogP) is 5.31. The lowest BCUT2D eigenvalue weighted by atomic mass is 10.0. The van der Waals surface area contributed by atoms with Gasteiger partial charge in [-0.05, 0) is 54.8 Å². The van der Waals surface area contributed by atoms with Crippen molar-refractivity contribution in [2.24, 2.45) is 0 Å². The fourth-order valence-electron chi connectivity index (χ4n) is 3.98. The van der Waals surface area contributed by atoms with Gasteiger partial charge < -0.3 is 15.0 Å². The minimum Gasteiger partial charge on any atom is -0.496 e. The average Bonchev–Trinajstić information content (AvgIpc) is 3.23. The van der Waals surface area contributed by atoms with Gasteiger partial charge in [-0.3, -0.25) is 9.59 Å². The first kappa shape index (κ1) is 21.4. The number of carbonyl (C=O) groups excluding carboxylic acids is 2. The van der Waals surface area contributed by atoms with Crippen molar-refractivity contribution in [3.05, 3.63) is 89.5 Å². The molecule has 1 aliphatic rings. The van der Waals surface area contributed by atoms with Crippen LogP contribution in [0.1, 0.15) is 29.5 Å². The van der Waals surface area contributed by atoms with E-state index >= 15 is 0 Å². The van der Waals surface area contributed by atoms with E-state index in [4.69, 9.17) is 4.74 Å². The number of amides is 2. The van der Waals surface area contributed by atoms with Crippen molar-refractivity contribution in [1.82, 2.24) is 0 Å². The molecular weight excluding hydrogens is 400 g/mol. The van der Waals surface area contributed by atoms with Crippen LogP contribution in [0.3, 0.4) is 0 Å². The summed E-state index contributed by atoms with van der Waals surface area (Å²) in [5.74, 6) is 0.631. The summed E-state index contributed by atoms with van der Waals surface area (Å²) in [5, 5.41) is 3.02. The number of hydrogen-bond acceptors (Lipinski definition) is 3. The molecule has 0 aromatic heterocycles. The highest BCUT2D eigenvalue weighted by atomic mass is 16.5. The lowest BCUT2D eigenvalue weighted by Gasteiger charge is -2.19. The van der Waals surface area contributed by atoms with Gasteiger partial charge in [0.1, 0.15) is 5.75 Å². The van der Waals surface area contributed by atoms with E-state index in [0.717, 1.165) is 35.3 Å². The van der Waals surface area contributed by atoms with E-state index in [-0.39, 0.29) is 11.8 Å². The van der Waals surface area contributed by atoms with E-state index in [1.54, 1.807) is 7.11 Å². The Hall–Kier alpha value is -3.86. The van der Waals surface area contributed by atoms with Gasteiger partial charge in [-0.25, -0.2) is 0 Å². The largest absolute Gasteiger partial charge is 0.496 e. The zero-order valence-corrected chi connectivity index (χ0v) is 18.3. The Morgan fingerprint density at radius 3 is 2.47 bits per heavy atom. The Kier molecular flexibility index (Phi) is 6.36. The molecule has 5 nitrogen and oxygen atoms in total. The Morgan fingerprint density at radius 1 is 1.03 bits per heavy atom. The number of nitrogens with zero attached hydrogens (tertiary/aromatic N) is 1. The second kappa shape index (κ2) is 9.52. The molecule has 0 unspecified atom stereocenters. The summed E-state index contributed by atoms with van der Waals surface area (Å²) in [6, 6.07) is 22.8. The van der Waals surface area contributed by atoms with E-state index in [1.165, 1.54) is 0 Å². The fourth-order valence-corrected chi connectivity index (χ4v) is 3.98. The number of anilines is 2. The molecule has 0 bridgehead atoms. The van der Waals surface area contributed by atoms with Crippen molar-refractivity contribution >= 4 is 34.8 Å². The Balaban J connectivity index is 1.64. The van der Waals surface area contributed by atoms with Crippen LogP contribution in [-0.2, 0) is 9.59 Å². The molecule has 4 rings (SSSR count). The van der Waals surface area contributed by atoms with Gasteiger partial charge in [0.05, 0.1) is 7.11 Å². The van der Waals surface area contributed by atoms with Crippen LogP contribution < -0.4 is 15.0 Å². The minimum atomic E-state index is -0.216. The summed E-state index contributed by atoms with van der Waals surface area (Å²) in [4.78, 5) is 27.3. The normalized spacial score (nSPS) is 13.9. The summed E-state index contributed by atoms with van der Waals surface area (Å²) in [7, 11) is 1.62. The number of nitrogens with one attached hydrogen (secondary N) is 1. The molecule has 3 aromatic rings. The van der Waals surface area contributed by atoms with E-state index in [1.807, 2.05) is 90.7 Å². The number of benzene rings is 3. The van der Waals surface area contributed by atoms with Crippen LogP contribution in [0.5, 0.6) is 5.75 Å². The van der Waals surface area contributed by atoms with Crippen molar-refractivity contribution < 1.29 is 14.3 Å². The maximum atomic E-state index is 13.3. The number of hydrogen-bond donors (Lipinski definition) is 1. The smallest absolute Gasteiger partial charge is 0.256 e. The van der Waals surface area contributed by atoms with E-state index in [9.17, 15) is 9.59 Å². The van der Waals surface area contributed by atoms with Crippen LogP contribution in [0.2, 0.25) is 0 Å². The third-order valence-corrected chi connectivity index (χ3v) is 5.59. The highest BCUT2D eigenvalue weighted by Crippen LogP contribution is 2.29. The number of rotatable bonds is 6. The zero-order valence-electron chi connectivity index (χ0n) is 18.3. The van der Waals surface area contributed by atoms with Gasteiger partial charge in [-0.1, -0.05) is 48.5 Å². The van der Waals surface area contributed by atoms with Gasteiger partial charge in [-0.2, -0.15) is 0 Å². The van der Waals surface area contributed by atoms with Gasteiger partial charge in [0, 0.05) is 35.5 Å². The molecule has 1 aliphatic heterocycles. The van der Waals surface area contributed by atoms with Crippen LogP contribution in [-0.4, -0.2) is 25.5 Å². The molecule has 2 amide bonds. The standard InChI is InChI=1S/C27H26N2O3/c1-19-17-22(14-15-24(19)29-16-8-13-26(29)30)28-27(31)23(20-9-4-3-5-10-20)18-21-11-6-7-12-25(21)32-2/h3-7,9-12,14-15,17-18H,8,13,16H2,1-2H3,(H,28,31). The highest BCUT2D eigenvalue weighted by molar-refractivity contribution is 6.29.